The van der Waals surface area contributed by atoms with Gasteiger partial charge in [0.15, 0.2) is 0 Å². The fraction of sp³-hybridized carbons (Fsp3) is 0.667. The number of likely N-dealkylation sites (tertiary alicyclic amines) is 1. The molecule has 100 valence electrons. The standard InChI is InChI=1S/C12H20N4O2/c1-8-6-16(4-3-10(8)13)7-11-9(12(17)18)5-14-15(11)2/h5,8,10H,3-4,6-7,13H2,1-2H3,(H,17,18). The molecule has 6 nitrogen and oxygen atoms in total. The summed E-state index contributed by atoms with van der Waals surface area (Å²) in [7, 11) is 1.78. The van der Waals surface area contributed by atoms with Gasteiger partial charge in [0.2, 0.25) is 0 Å². The first kappa shape index (κ1) is 13.0. The van der Waals surface area contributed by atoms with Crippen molar-refractivity contribution in [1.29, 1.82) is 0 Å². The molecule has 0 spiro atoms. The Morgan fingerprint density at radius 1 is 1.67 bits per heavy atom. The summed E-state index contributed by atoms with van der Waals surface area (Å²) in [6.07, 6.45) is 2.37. The summed E-state index contributed by atoms with van der Waals surface area (Å²) in [6, 6.07) is 0.256. The molecule has 0 radical (unpaired) electrons. The Balaban J connectivity index is 2.10. The zero-order valence-electron chi connectivity index (χ0n) is 10.8. The average Bonchev–Trinajstić information content (AvgIpc) is 2.66. The number of rotatable bonds is 3. The van der Waals surface area contributed by atoms with E-state index in [1.54, 1.807) is 11.7 Å². The predicted molar refractivity (Wildman–Crippen MR) is 67.2 cm³/mol. The third-order valence-electron chi connectivity index (χ3n) is 3.72. The highest BCUT2D eigenvalue weighted by molar-refractivity contribution is 5.88. The SMILES string of the molecule is CC1CN(Cc2c(C(=O)O)cnn2C)CCC1N. The number of carboxylic acids is 1. The molecule has 18 heavy (non-hydrogen) atoms. The van der Waals surface area contributed by atoms with Crippen LogP contribution in [0, 0.1) is 5.92 Å². The molecule has 1 aromatic heterocycles. The summed E-state index contributed by atoms with van der Waals surface area (Å²) < 4.78 is 1.64. The molecule has 0 amide bonds. The van der Waals surface area contributed by atoms with E-state index in [9.17, 15) is 4.79 Å². The van der Waals surface area contributed by atoms with Crippen LogP contribution in [0.25, 0.3) is 0 Å². The van der Waals surface area contributed by atoms with E-state index in [2.05, 4.69) is 16.9 Å². The Bertz CT molecular complexity index is 443. The van der Waals surface area contributed by atoms with Crippen LogP contribution in [0.3, 0.4) is 0 Å². The second kappa shape index (κ2) is 5.07. The first-order valence-corrected chi connectivity index (χ1v) is 6.21. The van der Waals surface area contributed by atoms with Gasteiger partial charge in [0.1, 0.15) is 5.56 Å². The van der Waals surface area contributed by atoms with E-state index < -0.39 is 5.97 Å². The minimum atomic E-state index is -0.917. The van der Waals surface area contributed by atoms with Gasteiger partial charge in [0.05, 0.1) is 11.9 Å². The van der Waals surface area contributed by atoms with Gasteiger partial charge < -0.3 is 10.8 Å². The number of carboxylic acid groups (broad SMARTS) is 1. The van der Waals surface area contributed by atoms with Crippen molar-refractivity contribution in [3.8, 4) is 0 Å². The highest BCUT2D eigenvalue weighted by atomic mass is 16.4. The lowest BCUT2D eigenvalue weighted by Gasteiger charge is -2.35. The molecule has 1 fully saturated rings. The zero-order chi connectivity index (χ0) is 13.3. The number of aromatic carboxylic acids is 1. The molecule has 1 aliphatic rings. The molecule has 6 heteroatoms. The number of carbonyl (C=O) groups is 1. The molecule has 2 unspecified atom stereocenters. The van der Waals surface area contributed by atoms with E-state index in [-0.39, 0.29) is 6.04 Å². The van der Waals surface area contributed by atoms with Gasteiger partial charge in [-0.3, -0.25) is 9.58 Å². The lowest BCUT2D eigenvalue weighted by molar-refractivity contribution is 0.0693. The molecule has 0 saturated carbocycles. The maximum atomic E-state index is 11.1. The minimum Gasteiger partial charge on any atom is -0.478 e. The van der Waals surface area contributed by atoms with Crippen molar-refractivity contribution >= 4 is 5.97 Å². The van der Waals surface area contributed by atoms with E-state index in [1.165, 1.54) is 6.20 Å². The number of aromatic nitrogens is 2. The Morgan fingerprint density at radius 3 is 3.00 bits per heavy atom. The summed E-state index contributed by atoms with van der Waals surface area (Å²) in [5, 5.41) is 13.1. The van der Waals surface area contributed by atoms with Gasteiger partial charge in [-0.15, -0.1) is 0 Å². The summed E-state index contributed by atoms with van der Waals surface area (Å²) in [5.41, 5.74) is 7.03. The second-order valence-electron chi connectivity index (χ2n) is 5.10. The molecule has 1 saturated heterocycles. The van der Waals surface area contributed by atoms with Crippen LogP contribution in [0.1, 0.15) is 29.4 Å². The topological polar surface area (TPSA) is 84.4 Å². The molecule has 0 bridgehead atoms. The average molecular weight is 252 g/mol. The van der Waals surface area contributed by atoms with E-state index in [0.29, 0.717) is 18.0 Å². The molecule has 2 heterocycles. The van der Waals surface area contributed by atoms with Crippen molar-refractivity contribution in [3.05, 3.63) is 17.5 Å². The van der Waals surface area contributed by atoms with Gasteiger partial charge in [-0.25, -0.2) is 4.79 Å². The molecule has 2 rings (SSSR count). The van der Waals surface area contributed by atoms with E-state index in [0.717, 1.165) is 25.2 Å². The van der Waals surface area contributed by atoms with Crippen molar-refractivity contribution in [2.24, 2.45) is 18.7 Å². The monoisotopic (exact) mass is 252 g/mol. The number of nitrogens with two attached hydrogens (primary N) is 1. The first-order chi connectivity index (χ1) is 8.49. The summed E-state index contributed by atoms with van der Waals surface area (Å²) in [6.45, 7) is 4.58. The number of hydrogen-bond acceptors (Lipinski definition) is 4. The van der Waals surface area contributed by atoms with Crippen LogP contribution in [0.5, 0.6) is 0 Å². The largest absolute Gasteiger partial charge is 0.478 e. The highest BCUT2D eigenvalue weighted by Crippen LogP contribution is 2.18. The number of aryl methyl sites for hydroxylation is 1. The second-order valence-corrected chi connectivity index (χ2v) is 5.10. The maximum absolute atomic E-state index is 11.1. The molecule has 1 aromatic rings. The Hall–Kier alpha value is -1.40. The van der Waals surface area contributed by atoms with Gasteiger partial charge in [-0.2, -0.15) is 5.10 Å². The number of nitrogens with zero attached hydrogens (tertiary/aromatic N) is 3. The van der Waals surface area contributed by atoms with Crippen molar-refractivity contribution < 1.29 is 9.90 Å². The van der Waals surface area contributed by atoms with Crippen LogP contribution < -0.4 is 5.73 Å². The predicted octanol–water partition coefficient (Wildman–Crippen LogP) is 0.287. The Kier molecular flexibility index (Phi) is 3.68. The van der Waals surface area contributed by atoms with Crippen molar-refractivity contribution in [1.82, 2.24) is 14.7 Å². The summed E-state index contributed by atoms with van der Waals surface area (Å²) in [5.74, 6) is -0.472. The van der Waals surface area contributed by atoms with Gasteiger partial charge in [0.25, 0.3) is 0 Å². The zero-order valence-corrected chi connectivity index (χ0v) is 10.8. The molecule has 0 aliphatic carbocycles. The molecular weight excluding hydrogens is 232 g/mol. The molecule has 0 aromatic carbocycles. The minimum absolute atomic E-state index is 0.256. The third kappa shape index (κ3) is 2.54. The fourth-order valence-electron chi connectivity index (χ4n) is 2.43. The molecule has 2 atom stereocenters. The van der Waals surface area contributed by atoms with Crippen LogP contribution in [0.15, 0.2) is 6.20 Å². The van der Waals surface area contributed by atoms with Crippen LogP contribution in [0.4, 0.5) is 0 Å². The van der Waals surface area contributed by atoms with Gasteiger partial charge in [-0.1, -0.05) is 6.92 Å². The lowest BCUT2D eigenvalue weighted by atomic mass is 9.94. The maximum Gasteiger partial charge on any atom is 0.339 e. The van der Waals surface area contributed by atoms with Crippen molar-refractivity contribution in [2.75, 3.05) is 13.1 Å². The lowest BCUT2D eigenvalue weighted by Crippen LogP contribution is -2.45. The van der Waals surface area contributed by atoms with Gasteiger partial charge in [-0.05, 0) is 12.3 Å². The van der Waals surface area contributed by atoms with Crippen LogP contribution in [0.2, 0.25) is 0 Å². The van der Waals surface area contributed by atoms with Gasteiger partial charge >= 0.3 is 5.97 Å². The summed E-state index contributed by atoms with van der Waals surface area (Å²) in [4.78, 5) is 13.3. The fourth-order valence-corrected chi connectivity index (χ4v) is 2.43. The van der Waals surface area contributed by atoms with Crippen molar-refractivity contribution in [3.63, 3.8) is 0 Å². The number of hydrogen-bond donors (Lipinski definition) is 2. The highest BCUT2D eigenvalue weighted by Gasteiger charge is 2.25. The van der Waals surface area contributed by atoms with E-state index in [1.807, 2.05) is 0 Å². The molecule has 3 N–H and O–H groups in total. The quantitative estimate of drug-likeness (QED) is 0.807. The molecular formula is C12H20N4O2. The van der Waals surface area contributed by atoms with Crippen LogP contribution in [-0.2, 0) is 13.6 Å². The molecule has 1 aliphatic heterocycles. The summed E-state index contributed by atoms with van der Waals surface area (Å²) >= 11 is 0. The van der Waals surface area contributed by atoms with E-state index in [4.69, 9.17) is 10.8 Å². The normalized spacial score (nSPS) is 25.3. The van der Waals surface area contributed by atoms with Gasteiger partial charge in [0, 0.05) is 32.7 Å². The van der Waals surface area contributed by atoms with Crippen molar-refractivity contribution in [2.45, 2.75) is 25.9 Å². The first-order valence-electron chi connectivity index (χ1n) is 6.21. The number of piperidine rings is 1. The smallest absolute Gasteiger partial charge is 0.339 e. The van der Waals surface area contributed by atoms with E-state index >= 15 is 0 Å². The van der Waals surface area contributed by atoms with Crippen LogP contribution in [-0.4, -0.2) is 44.9 Å². The Labute approximate surface area is 106 Å². The Morgan fingerprint density at radius 2 is 2.39 bits per heavy atom. The van der Waals surface area contributed by atoms with Crippen LogP contribution >= 0.6 is 0 Å². The third-order valence-corrected chi connectivity index (χ3v) is 3.72.